The molecule has 0 fully saturated rings. The summed E-state index contributed by atoms with van der Waals surface area (Å²) in [5.74, 6) is -2.52. The molecule has 4 aliphatic heterocycles. The number of ketones is 3. The van der Waals surface area contributed by atoms with Gasteiger partial charge < -0.3 is 41.9 Å². The van der Waals surface area contributed by atoms with E-state index in [1.807, 2.05) is 128 Å². The molecule has 4 heterocycles. The number of anilines is 5. The van der Waals surface area contributed by atoms with Gasteiger partial charge in [-0.05, 0) is 89.1 Å². The van der Waals surface area contributed by atoms with Gasteiger partial charge in [-0.25, -0.2) is 0 Å². The second-order valence-corrected chi connectivity index (χ2v) is 23.3. The highest BCUT2D eigenvalue weighted by atomic mass is 16.3. The molecule has 382 valence electrons. The molecule has 78 heavy (non-hydrogen) atoms. The molecule has 0 saturated heterocycles. The average molecular weight is 1020 g/mol. The van der Waals surface area contributed by atoms with E-state index in [-0.39, 0.29) is 33.4 Å². The molecule has 14 heteroatoms. The first kappa shape index (κ1) is 45.8. The second-order valence-electron chi connectivity index (χ2n) is 23.3. The van der Waals surface area contributed by atoms with Crippen molar-refractivity contribution in [3.63, 3.8) is 0 Å². The molecule has 5 N–H and O–H groups in total. The highest BCUT2D eigenvalue weighted by molar-refractivity contribution is 6.54. The van der Waals surface area contributed by atoms with Crippen LogP contribution in [0.1, 0.15) is 72.1 Å². The lowest BCUT2D eigenvalue weighted by atomic mass is 9.77. The van der Waals surface area contributed by atoms with E-state index in [1.54, 1.807) is 36.4 Å². The van der Waals surface area contributed by atoms with Gasteiger partial charge in [0.05, 0.1) is 33.1 Å². The number of rotatable bonds is 3. The number of benzene rings is 8. The van der Waals surface area contributed by atoms with Crippen LogP contribution in [0.4, 0.5) is 28.4 Å². The van der Waals surface area contributed by atoms with Gasteiger partial charge >= 0.3 is 0 Å². The van der Waals surface area contributed by atoms with E-state index < -0.39 is 57.3 Å². The zero-order chi connectivity index (χ0) is 54.0. The first-order valence-electron chi connectivity index (χ1n) is 26.0. The van der Waals surface area contributed by atoms with Gasteiger partial charge in [0.1, 0.15) is 22.7 Å². The quantitative estimate of drug-likeness (QED) is 0.163. The highest BCUT2D eigenvalue weighted by Crippen LogP contribution is 2.50. The van der Waals surface area contributed by atoms with E-state index in [9.17, 15) is 29.7 Å². The second kappa shape index (κ2) is 14.7. The molecule has 0 spiro atoms. The third kappa shape index (κ3) is 6.07. The maximum Gasteiger partial charge on any atom is 0.193 e. The van der Waals surface area contributed by atoms with Crippen molar-refractivity contribution in [1.29, 1.82) is 0 Å². The Kier molecular flexibility index (Phi) is 8.62. The molecule has 3 aliphatic carbocycles. The van der Waals surface area contributed by atoms with Crippen molar-refractivity contribution in [1.82, 2.24) is 0 Å². The Morgan fingerprint density at radius 3 is 1.05 bits per heavy atom. The normalized spacial score (nSPS) is 21.6. The molecule has 0 aromatic heterocycles. The smallest absolute Gasteiger partial charge is 0.193 e. The lowest BCUT2D eigenvalue weighted by Gasteiger charge is -2.41. The molecule has 7 aliphatic rings. The molecular weight excluding hydrogens is 977 g/mol. The van der Waals surface area contributed by atoms with Gasteiger partial charge in [-0.3, -0.25) is 29.4 Å². The summed E-state index contributed by atoms with van der Waals surface area (Å²) >= 11 is 0. The van der Waals surface area contributed by atoms with E-state index in [0.717, 1.165) is 43.7 Å². The van der Waals surface area contributed by atoms with Crippen LogP contribution in [-0.4, -0.2) is 40.0 Å². The van der Waals surface area contributed by atoms with Crippen molar-refractivity contribution in [2.24, 2.45) is 15.0 Å². The topological polar surface area (TPSA) is 218 Å². The van der Waals surface area contributed by atoms with Crippen molar-refractivity contribution in [3.8, 4) is 0 Å². The number of Topliss-reactive ketones (excluding diaryl/α,β-unsaturated/α-hetero) is 3. The molecular formula is C64H47N8O6-3. The van der Waals surface area contributed by atoms with Gasteiger partial charge in [0.15, 0.2) is 17.3 Å². The molecule has 0 amide bonds. The van der Waals surface area contributed by atoms with Crippen LogP contribution in [-0.2, 0) is 14.4 Å². The number of hydrogen-bond acceptors (Lipinski definition) is 14. The fourth-order valence-corrected chi connectivity index (χ4v) is 12.9. The number of allylic oxidation sites excluding steroid dienone is 6. The minimum Gasteiger partial charge on any atom is -0.871 e. The summed E-state index contributed by atoms with van der Waals surface area (Å²) in [4.78, 5) is 58.9. The summed E-state index contributed by atoms with van der Waals surface area (Å²) in [5.41, 5.74) is 1.45. The van der Waals surface area contributed by atoms with Crippen LogP contribution >= 0.6 is 0 Å². The molecule has 8 aromatic carbocycles. The minimum atomic E-state index is -0.994. The Bertz CT molecular complexity index is 4920. The van der Waals surface area contributed by atoms with Gasteiger partial charge in [0.2, 0.25) is 0 Å². The summed E-state index contributed by atoms with van der Waals surface area (Å²) in [7, 11) is 0. The number of carbonyl (C=O) groups is 3. The van der Waals surface area contributed by atoms with E-state index in [0.29, 0.717) is 76.3 Å². The summed E-state index contributed by atoms with van der Waals surface area (Å²) in [6.07, 6.45) is 0. The average Bonchev–Trinajstić information content (AvgIpc) is 3.57. The van der Waals surface area contributed by atoms with E-state index >= 15 is 0 Å². The van der Waals surface area contributed by atoms with Crippen LogP contribution in [0.5, 0.6) is 0 Å². The van der Waals surface area contributed by atoms with Gasteiger partial charge in [-0.15, -0.1) is 0 Å². The lowest BCUT2D eigenvalue weighted by Crippen LogP contribution is -2.46. The van der Waals surface area contributed by atoms with Gasteiger partial charge in [0, 0.05) is 98.7 Å². The standard InChI is InChI=1S/C64H50N8O6/c1-61(2)65-37-13-9-11-27-15-21-31(49(67-61)39(27)37)43-55(73)45(56(43)74)33-23-17-29-19-25-35(53-41(29)51(33)69-63(5,6)71-53)47-59(77)48(60(47)78)36-26-20-30-18-24-34(52-42(30)54(36)72-64(7,8)70-52)46-57(75)44(58(46)76)32-22-16-28-12-10-14-38-40(28)50(32)68-62(3,4)66-38/h9-26,65-66,69-71,73,75,77H,1-8H3/p-3/b43-31-,44-32-,48-36-. The monoisotopic (exact) mass is 1020 g/mol. The Morgan fingerprint density at radius 2 is 0.667 bits per heavy atom. The van der Waals surface area contributed by atoms with Crippen molar-refractivity contribution in [3.05, 3.63) is 175 Å². The predicted octanol–water partition coefficient (Wildman–Crippen LogP) is 4.73. The molecule has 14 nitrogen and oxygen atoms in total. The molecule has 8 aromatic rings. The summed E-state index contributed by atoms with van der Waals surface area (Å²) in [5, 5.41) is 70.5. The molecule has 15 rings (SSSR count). The van der Waals surface area contributed by atoms with Crippen molar-refractivity contribution in [2.45, 2.75) is 78.0 Å². The minimum absolute atomic E-state index is 0.0159. The fourth-order valence-electron chi connectivity index (χ4n) is 12.9. The largest absolute Gasteiger partial charge is 0.871 e. The molecule has 0 unspecified atom stereocenters. The van der Waals surface area contributed by atoms with Crippen molar-refractivity contribution < 1.29 is 29.7 Å². The summed E-state index contributed by atoms with van der Waals surface area (Å²) in [6.45, 7) is 15.3. The number of nitrogens with zero attached hydrogens (tertiary/aromatic N) is 3. The first-order valence-corrected chi connectivity index (χ1v) is 26.0. The number of carbonyl (C=O) groups excluding carboxylic acids is 3. The van der Waals surface area contributed by atoms with Gasteiger partial charge in [-0.1, -0.05) is 114 Å². The summed E-state index contributed by atoms with van der Waals surface area (Å²) in [6, 6.07) is 33.6. The zero-order valence-corrected chi connectivity index (χ0v) is 43.7. The van der Waals surface area contributed by atoms with Gasteiger partial charge in [0.25, 0.3) is 0 Å². The molecule has 0 atom stereocenters. The Labute approximate surface area is 444 Å². The van der Waals surface area contributed by atoms with Crippen molar-refractivity contribution >= 4 is 122 Å². The van der Waals surface area contributed by atoms with E-state index in [2.05, 4.69) is 26.6 Å². The first-order chi connectivity index (χ1) is 37.1. The molecule has 0 saturated carbocycles. The van der Waals surface area contributed by atoms with Crippen LogP contribution in [0, 0.1) is 0 Å². The zero-order valence-electron chi connectivity index (χ0n) is 43.7. The van der Waals surface area contributed by atoms with Crippen LogP contribution < -0.4 is 73.6 Å². The Hall–Kier alpha value is -9.56. The third-order valence-corrected chi connectivity index (χ3v) is 16.1. The van der Waals surface area contributed by atoms with Crippen LogP contribution in [0.3, 0.4) is 0 Å². The third-order valence-electron chi connectivity index (χ3n) is 16.1. The maximum absolute atomic E-state index is 14.9. The maximum atomic E-state index is 14.9. The van der Waals surface area contributed by atoms with Crippen LogP contribution in [0.2, 0.25) is 0 Å². The number of hydrogen-bond donors (Lipinski definition) is 5. The highest BCUT2D eigenvalue weighted by Gasteiger charge is 2.40. The predicted molar refractivity (Wildman–Crippen MR) is 299 cm³/mol. The van der Waals surface area contributed by atoms with E-state index in [1.165, 1.54) is 0 Å². The Balaban J connectivity index is 0.882. The van der Waals surface area contributed by atoms with Crippen LogP contribution in [0.15, 0.2) is 141 Å². The molecule has 0 radical (unpaired) electrons. The summed E-state index contributed by atoms with van der Waals surface area (Å²) < 4.78 is 0. The van der Waals surface area contributed by atoms with Gasteiger partial charge in [-0.2, -0.15) is 0 Å². The Morgan fingerprint density at radius 1 is 0.346 bits per heavy atom. The van der Waals surface area contributed by atoms with Crippen LogP contribution in [0.25, 0.3) is 76.5 Å². The van der Waals surface area contributed by atoms with E-state index in [4.69, 9.17) is 15.0 Å². The SMILES string of the molecule is CC1(C)N=c2/c(=C3\C(=O)C(c4ccc5ccc(C6=C([O-])/C(=c7\ccc8ccc(C9=C([O-])/C(=c%10\ccc%11cccc%12c%11c%10=NC(C)(C)N%12)C9=O)c9c8c7=NC(C)(C)N9)C6=O)c6c5c4NC(C)(C)N6)=C3[O-])ccc3cccc(c23)N1. The number of nitrogens with one attached hydrogen (secondary N) is 5. The van der Waals surface area contributed by atoms with Crippen molar-refractivity contribution in [2.75, 3.05) is 26.6 Å². The fraction of sp³-hybridized carbons (Fsp3) is 0.188. The molecule has 0 bridgehead atoms. The lowest BCUT2D eigenvalue weighted by molar-refractivity contribution is -0.293.